The molecule has 1 aliphatic carbocycles. The van der Waals surface area contributed by atoms with Crippen molar-refractivity contribution in [2.24, 2.45) is 0 Å². The van der Waals surface area contributed by atoms with Crippen molar-refractivity contribution in [2.75, 3.05) is 0 Å². The van der Waals surface area contributed by atoms with Crippen molar-refractivity contribution < 1.29 is 0 Å². The molecule has 0 bridgehead atoms. The Morgan fingerprint density at radius 1 is 0.288 bits per heavy atom. The van der Waals surface area contributed by atoms with Crippen LogP contribution in [0.4, 0.5) is 0 Å². The first-order valence-corrected chi connectivity index (χ1v) is 18.4. The molecule has 0 aromatic heterocycles. The Morgan fingerprint density at radius 2 is 0.865 bits per heavy atom. The molecule has 0 nitrogen and oxygen atoms in total. The summed E-state index contributed by atoms with van der Waals surface area (Å²) in [7, 11) is 0. The minimum absolute atomic E-state index is 1.07. The lowest BCUT2D eigenvalue weighted by atomic mass is 9.81. The highest BCUT2D eigenvalue weighted by Crippen LogP contribution is 2.48. The molecule has 0 unspecified atom stereocenters. The molecule has 0 fully saturated rings. The highest BCUT2D eigenvalue weighted by atomic mass is 14.2. The summed E-state index contributed by atoms with van der Waals surface area (Å²) in [5.74, 6) is 0. The molecule has 0 atom stereocenters. The van der Waals surface area contributed by atoms with E-state index in [0.29, 0.717) is 0 Å². The molecule has 0 saturated carbocycles. The molecule has 0 spiro atoms. The summed E-state index contributed by atoms with van der Waals surface area (Å²) < 4.78 is 0. The lowest BCUT2D eigenvalue weighted by Crippen LogP contribution is -2.03. The Morgan fingerprint density at radius 3 is 1.62 bits per heavy atom. The molecular weight excluding hydrogens is 625 g/mol. The van der Waals surface area contributed by atoms with Gasteiger partial charge < -0.3 is 0 Å². The summed E-state index contributed by atoms with van der Waals surface area (Å²) in [5, 5.41) is 13.2. The maximum atomic E-state index is 2.42. The predicted molar refractivity (Wildman–Crippen MR) is 223 cm³/mol. The van der Waals surface area contributed by atoms with Crippen LogP contribution in [0.3, 0.4) is 0 Å². The van der Waals surface area contributed by atoms with E-state index in [0.717, 1.165) is 12.8 Å². The molecule has 52 heavy (non-hydrogen) atoms. The summed E-state index contributed by atoms with van der Waals surface area (Å²) in [6.45, 7) is 0. The van der Waals surface area contributed by atoms with Crippen LogP contribution in [0.5, 0.6) is 0 Å². The van der Waals surface area contributed by atoms with Gasteiger partial charge in [0.2, 0.25) is 0 Å². The summed E-state index contributed by atoms with van der Waals surface area (Å²) in [6, 6.07) is 67.7. The average molecular weight is 659 g/mol. The number of rotatable bonds is 4. The maximum absolute atomic E-state index is 2.42. The smallest absolute Gasteiger partial charge is 0.00201 e. The van der Waals surface area contributed by atoms with E-state index in [4.69, 9.17) is 0 Å². The van der Waals surface area contributed by atoms with Crippen LogP contribution in [0.1, 0.15) is 11.1 Å². The molecule has 0 radical (unpaired) electrons. The Bertz CT molecular complexity index is 3000. The van der Waals surface area contributed by atoms with Gasteiger partial charge in [-0.25, -0.2) is 0 Å². The van der Waals surface area contributed by atoms with Gasteiger partial charge in [0.25, 0.3) is 0 Å². The fourth-order valence-corrected chi connectivity index (χ4v) is 9.29. The first-order valence-electron chi connectivity index (χ1n) is 18.4. The Labute approximate surface area is 303 Å². The van der Waals surface area contributed by atoms with Crippen LogP contribution >= 0.6 is 0 Å². The number of aryl methyl sites for hydroxylation is 2. The number of fused-ring (bicyclic) bond motifs is 3. The molecule has 0 heterocycles. The van der Waals surface area contributed by atoms with Crippen LogP contribution < -0.4 is 0 Å². The van der Waals surface area contributed by atoms with Crippen molar-refractivity contribution in [2.45, 2.75) is 12.8 Å². The van der Waals surface area contributed by atoms with Gasteiger partial charge in [-0.05, 0) is 128 Å². The van der Waals surface area contributed by atoms with Gasteiger partial charge >= 0.3 is 0 Å². The van der Waals surface area contributed by atoms with E-state index in [1.165, 1.54) is 109 Å². The van der Waals surface area contributed by atoms with Crippen molar-refractivity contribution in [1.29, 1.82) is 0 Å². The molecule has 0 saturated heterocycles. The third-order valence-corrected chi connectivity index (χ3v) is 11.5. The molecule has 242 valence electrons. The molecule has 0 amide bonds. The second kappa shape index (κ2) is 11.5. The zero-order valence-electron chi connectivity index (χ0n) is 28.7. The summed E-state index contributed by atoms with van der Waals surface area (Å²) in [6.07, 6.45) is 2.16. The van der Waals surface area contributed by atoms with Crippen LogP contribution in [0.15, 0.2) is 182 Å². The zero-order valence-corrected chi connectivity index (χ0v) is 28.7. The van der Waals surface area contributed by atoms with Crippen molar-refractivity contribution in [1.82, 2.24) is 0 Å². The van der Waals surface area contributed by atoms with Crippen molar-refractivity contribution >= 4 is 53.9 Å². The van der Waals surface area contributed by atoms with E-state index in [9.17, 15) is 0 Å². The largest absolute Gasteiger partial charge is 0.0622 e. The third kappa shape index (κ3) is 4.34. The Balaban J connectivity index is 1.14. The van der Waals surface area contributed by atoms with Crippen molar-refractivity contribution in [3.63, 3.8) is 0 Å². The molecule has 0 N–H and O–H groups in total. The van der Waals surface area contributed by atoms with E-state index in [-0.39, 0.29) is 0 Å². The van der Waals surface area contributed by atoms with Gasteiger partial charge in [0, 0.05) is 0 Å². The van der Waals surface area contributed by atoms with Crippen LogP contribution in [-0.2, 0) is 12.8 Å². The fraction of sp³-hybridized carbons (Fsp3) is 0.0385. The first-order chi connectivity index (χ1) is 25.8. The number of benzene rings is 10. The van der Waals surface area contributed by atoms with Crippen LogP contribution in [-0.4, -0.2) is 0 Å². The lowest BCUT2D eigenvalue weighted by Gasteiger charge is -2.22. The van der Waals surface area contributed by atoms with Crippen molar-refractivity contribution in [3.05, 3.63) is 193 Å². The molecular formula is C52H34. The van der Waals surface area contributed by atoms with E-state index in [1.807, 2.05) is 0 Å². The van der Waals surface area contributed by atoms with E-state index in [2.05, 4.69) is 182 Å². The lowest BCUT2D eigenvalue weighted by molar-refractivity contribution is 0.970. The topological polar surface area (TPSA) is 0 Å². The minimum atomic E-state index is 1.07. The average Bonchev–Trinajstić information content (AvgIpc) is 3.22. The van der Waals surface area contributed by atoms with Gasteiger partial charge in [-0.2, -0.15) is 0 Å². The van der Waals surface area contributed by atoms with Gasteiger partial charge in [0.1, 0.15) is 0 Å². The molecule has 0 aliphatic heterocycles. The van der Waals surface area contributed by atoms with E-state index >= 15 is 0 Å². The summed E-state index contributed by atoms with van der Waals surface area (Å²) in [5.41, 5.74) is 13.2. The SMILES string of the molecule is c1ccc(-c2ccccc2-c2c3ccccc3c(-c3cccc4cc(-c5ccc6ccc7cccc8c7c6c5CC8)ccc34)c3ccccc23)cc1. The Kier molecular flexibility index (Phi) is 6.48. The predicted octanol–water partition coefficient (Wildman–Crippen LogP) is 14.2. The fourth-order valence-electron chi connectivity index (χ4n) is 9.29. The molecule has 1 aliphatic rings. The summed E-state index contributed by atoms with van der Waals surface area (Å²) >= 11 is 0. The van der Waals surface area contributed by atoms with Gasteiger partial charge in [-0.15, -0.1) is 0 Å². The first kappa shape index (κ1) is 29.3. The molecule has 10 aromatic rings. The van der Waals surface area contributed by atoms with Crippen LogP contribution in [0, 0.1) is 0 Å². The van der Waals surface area contributed by atoms with Crippen LogP contribution in [0.25, 0.3) is 98.4 Å². The Hall–Kier alpha value is -6.50. The maximum Gasteiger partial charge on any atom is -0.00201 e. The minimum Gasteiger partial charge on any atom is -0.0622 e. The highest BCUT2D eigenvalue weighted by molar-refractivity contribution is 6.24. The van der Waals surface area contributed by atoms with Gasteiger partial charge in [0.15, 0.2) is 0 Å². The van der Waals surface area contributed by atoms with E-state index < -0.39 is 0 Å². The molecule has 11 rings (SSSR count). The highest BCUT2D eigenvalue weighted by Gasteiger charge is 2.21. The third-order valence-electron chi connectivity index (χ3n) is 11.5. The summed E-state index contributed by atoms with van der Waals surface area (Å²) in [4.78, 5) is 0. The number of hydrogen-bond donors (Lipinski definition) is 0. The molecule has 0 heteroatoms. The van der Waals surface area contributed by atoms with Gasteiger partial charge in [0.05, 0.1) is 0 Å². The standard InChI is InChI=1S/C52H34/c1-2-12-33(13-3-1)39-17-4-5-18-42(39)51-44-19-6-8-21-46(44)52(47-22-9-7-20-45(47)51)43-23-11-16-37-32-38(28-30-40(37)43)41-29-26-36-25-24-34-14-10-15-35-27-31-48(41)50(36)49(34)35/h1-26,28-30,32H,27,31H2. The van der Waals surface area contributed by atoms with Crippen LogP contribution in [0.2, 0.25) is 0 Å². The normalized spacial score (nSPS) is 12.5. The second-order valence-electron chi connectivity index (χ2n) is 14.3. The zero-order chi connectivity index (χ0) is 34.2. The van der Waals surface area contributed by atoms with E-state index in [1.54, 1.807) is 0 Å². The van der Waals surface area contributed by atoms with Gasteiger partial charge in [-0.3, -0.25) is 0 Å². The second-order valence-corrected chi connectivity index (χ2v) is 14.3. The number of hydrogen-bond acceptors (Lipinski definition) is 0. The van der Waals surface area contributed by atoms with Crippen molar-refractivity contribution in [3.8, 4) is 44.5 Å². The monoisotopic (exact) mass is 658 g/mol. The van der Waals surface area contributed by atoms with Gasteiger partial charge in [-0.1, -0.05) is 176 Å². The molecule has 10 aromatic carbocycles. The quantitative estimate of drug-likeness (QED) is 0.130.